The van der Waals surface area contributed by atoms with Crippen LogP contribution in [0.1, 0.15) is 66.2 Å². The molecule has 0 aromatic heterocycles. The highest BCUT2D eigenvalue weighted by Gasteiger charge is 2.34. The highest BCUT2D eigenvalue weighted by Crippen LogP contribution is 2.10. The van der Waals surface area contributed by atoms with Gasteiger partial charge in [0.05, 0.1) is 19.6 Å². The number of guanidine groups is 2. The number of aliphatic hydroxyl groups excluding tert-OH is 1. The van der Waals surface area contributed by atoms with Crippen LogP contribution in [0.4, 0.5) is 0 Å². The number of nitrogens with one attached hydrogen (secondary N) is 6. The Kier molecular flexibility index (Phi) is 23.4. The van der Waals surface area contributed by atoms with Crippen molar-refractivity contribution >= 4 is 59.2 Å². The van der Waals surface area contributed by atoms with Crippen LogP contribution in [-0.4, -0.2) is 132 Å². The van der Waals surface area contributed by atoms with E-state index in [1.54, 1.807) is 27.7 Å². The van der Waals surface area contributed by atoms with Crippen molar-refractivity contribution in [2.24, 2.45) is 56.2 Å². The first-order chi connectivity index (χ1) is 26.1. The van der Waals surface area contributed by atoms with E-state index in [2.05, 4.69) is 41.9 Å². The lowest BCUT2D eigenvalue weighted by Gasteiger charge is -2.28. The van der Waals surface area contributed by atoms with E-state index in [4.69, 9.17) is 34.4 Å². The molecule has 20 N–H and O–H groups in total. The summed E-state index contributed by atoms with van der Waals surface area (Å²) in [5.74, 6) is -8.94. The van der Waals surface area contributed by atoms with Crippen LogP contribution in [0, 0.1) is 11.8 Å². The predicted octanol–water partition coefficient (Wildman–Crippen LogP) is -6.38. The monoisotopic (exact) mass is 800 g/mol. The number of hydrogen-bond acceptors (Lipinski definition) is 12. The summed E-state index contributed by atoms with van der Waals surface area (Å²) in [7, 11) is 0. The van der Waals surface area contributed by atoms with Crippen LogP contribution in [0.2, 0.25) is 0 Å². The van der Waals surface area contributed by atoms with E-state index in [1.165, 1.54) is 0 Å². The van der Waals surface area contributed by atoms with E-state index in [9.17, 15) is 48.6 Å². The molecule has 6 atom stereocenters. The number of nitrogens with two attached hydrogens (primary N) is 6. The molecular formula is C32H60N14O10. The van der Waals surface area contributed by atoms with E-state index in [0.717, 1.165) is 0 Å². The van der Waals surface area contributed by atoms with Gasteiger partial charge in [-0.05, 0) is 43.9 Å². The molecule has 0 aliphatic heterocycles. The predicted molar refractivity (Wildman–Crippen MR) is 203 cm³/mol. The van der Waals surface area contributed by atoms with Crippen molar-refractivity contribution in [3.8, 4) is 0 Å². The highest BCUT2D eigenvalue weighted by atomic mass is 16.4. The third-order valence-electron chi connectivity index (χ3n) is 7.78. The van der Waals surface area contributed by atoms with Gasteiger partial charge in [-0.25, -0.2) is 4.79 Å². The van der Waals surface area contributed by atoms with Gasteiger partial charge in [-0.2, -0.15) is 0 Å². The van der Waals surface area contributed by atoms with Crippen molar-refractivity contribution in [1.82, 2.24) is 31.9 Å². The van der Waals surface area contributed by atoms with Gasteiger partial charge in [-0.3, -0.25) is 43.5 Å². The molecule has 0 fully saturated rings. The minimum atomic E-state index is -1.71. The number of carboxylic acid groups (broad SMARTS) is 1. The molecule has 0 aromatic carbocycles. The molecule has 0 aliphatic carbocycles. The largest absolute Gasteiger partial charge is 0.480 e. The number of primary amides is 1. The summed E-state index contributed by atoms with van der Waals surface area (Å²) in [4.78, 5) is 110. The molecule has 0 bridgehead atoms. The molecule has 7 amide bonds. The van der Waals surface area contributed by atoms with Crippen molar-refractivity contribution < 1.29 is 48.6 Å². The van der Waals surface area contributed by atoms with Gasteiger partial charge < -0.3 is 76.5 Å². The van der Waals surface area contributed by atoms with Gasteiger partial charge in [0.1, 0.15) is 36.3 Å². The molecule has 24 heteroatoms. The molecule has 318 valence electrons. The summed E-state index contributed by atoms with van der Waals surface area (Å²) in [6.07, 6.45) is -0.340. The Morgan fingerprint density at radius 1 is 0.589 bits per heavy atom. The molecule has 0 aliphatic rings. The molecular weight excluding hydrogens is 740 g/mol. The summed E-state index contributed by atoms with van der Waals surface area (Å²) < 4.78 is 0. The van der Waals surface area contributed by atoms with Gasteiger partial charge in [0.15, 0.2) is 11.9 Å². The molecule has 24 nitrogen and oxygen atoms in total. The summed E-state index contributed by atoms with van der Waals surface area (Å²) in [5, 5.41) is 33.9. The molecule has 0 saturated heterocycles. The maximum Gasteiger partial charge on any atom is 0.326 e. The van der Waals surface area contributed by atoms with Gasteiger partial charge in [0.2, 0.25) is 41.4 Å². The minimum absolute atomic E-state index is 0.000292. The Balaban J connectivity index is 6.04. The lowest BCUT2D eigenvalue weighted by Crippen LogP contribution is -2.61. The lowest BCUT2D eigenvalue weighted by atomic mass is 9.99. The lowest BCUT2D eigenvalue weighted by molar-refractivity contribution is -0.142. The Bertz CT molecular complexity index is 1420. The fourth-order valence-electron chi connectivity index (χ4n) is 4.96. The second-order valence-corrected chi connectivity index (χ2v) is 13.5. The summed E-state index contributed by atoms with van der Waals surface area (Å²) in [5.41, 5.74) is 31.9. The maximum absolute atomic E-state index is 13.6. The topological polar surface area (TPSA) is 430 Å². The number of carbonyl (C=O) groups is 8. The maximum atomic E-state index is 13.6. The van der Waals surface area contributed by atoms with E-state index in [-0.39, 0.29) is 63.0 Å². The Morgan fingerprint density at radius 2 is 1.04 bits per heavy atom. The number of carboxylic acids is 1. The van der Waals surface area contributed by atoms with Gasteiger partial charge in [-0.1, -0.05) is 27.7 Å². The van der Waals surface area contributed by atoms with Crippen molar-refractivity contribution in [2.75, 3.05) is 26.2 Å². The number of rotatable bonds is 27. The molecule has 56 heavy (non-hydrogen) atoms. The van der Waals surface area contributed by atoms with Crippen molar-refractivity contribution in [2.45, 2.75) is 102 Å². The summed E-state index contributed by atoms with van der Waals surface area (Å²) in [6.45, 7) is 5.46. The van der Waals surface area contributed by atoms with E-state index < -0.39 is 109 Å². The minimum Gasteiger partial charge on any atom is -0.480 e. The number of amides is 7. The first-order valence-electron chi connectivity index (χ1n) is 17.9. The average molecular weight is 801 g/mol. The van der Waals surface area contributed by atoms with Crippen LogP contribution in [0.15, 0.2) is 9.98 Å². The van der Waals surface area contributed by atoms with Gasteiger partial charge in [-0.15, -0.1) is 0 Å². The summed E-state index contributed by atoms with van der Waals surface area (Å²) in [6, 6.07) is -8.56. The standard InChI is InChI=1S/C32H60N14O10/c1-15(2)11-19(27(52)46-24(16(3)4)29(54)42-18(30(55)56)8-6-10-40-32(37)38)43-26(51)20(12-22(34)48)44-28(53)21(14-47)45-25(50)17(41-23(49)13-33)7-5-9-39-31(35)36/h15-21,24,47H,5-14,33H2,1-4H3,(H2,34,48)(H,41,49)(H,42,54)(H,43,51)(H,44,53)(H,45,50)(H,46,52)(H,55,56)(H4,35,36,39)(H4,37,38,40)/t17-,18-,19-,20-,21-,24-/m0/s1. The third kappa shape index (κ3) is 20.6. The number of aliphatic carboxylic acids is 1. The SMILES string of the molecule is CC(C)C[C@H](NC(=O)[C@H](CC(N)=O)NC(=O)[C@H](CO)NC(=O)[C@H](CCCN=C(N)N)NC(=O)CN)C(=O)N[C@H](C(=O)N[C@@H](CCCN=C(N)N)C(=O)O)C(C)C. The van der Waals surface area contributed by atoms with Crippen molar-refractivity contribution in [3.05, 3.63) is 0 Å². The highest BCUT2D eigenvalue weighted by molar-refractivity contribution is 5.98. The molecule has 0 rings (SSSR count). The molecule has 0 heterocycles. The molecule has 0 radical (unpaired) electrons. The second kappa shape index (κ2) is 26.1. The van der Waals surface area contributed by atoms with Crippen LogP contribution < -0.4 is 66.3 Å². The Morgan fingerprint density at radius 3 is 1.48 bits per heavy atom. The number of hydrogen-bond donors (Lipinski definition) is 14. The molecule has 0 unspecified atom stereocenters. The van der Waals surface area contributed by atoms with Crippen LogP contribution in [0.3, 0.4) is 0 Å². The van der Waals surface area contributed by atoms with Crippen LogP contribution >= 0.6 is 0 Å². The van der Waals surface area contributed by atoms with E-state index >= 15 is 0 Å². The van der Waals surface area contributed by atoms with Gasteiger partial charge >= 0.3 is 5.97 Å². The second-order valence-electron chi connectivity index (χ2n) is 13.5. The van der Waals surface area contributed by atoms with Crippen molar-refractivity contribution in [3.63, 3.8) is 0 Å². The van der Waals surface area contributed by atoms with E-state index in [0.29, 0.717) is 0 Å². The number of aliphatic hydroxyl groups is 1. The fraction of sp³-hybridized carbons (Fsp3) is 0.688. The third-order valence-corrected chi connectivity index (χ3v) is 7.78. The summed E-state index contributed by atoms with van der Waals surface area (Å²) >= 11 is 0. The molecule has 0 spiro atoms. The van der Waals surface area contributed by atoms with Crippen molar-refractivity contribution in [1.29, 1.82) is 0 Å². The van der Waals surface area contributed by atoms with E-state index in [1.807, 2.05) is 0 Å². The zero-order valence-electron chi connectivity index (χ0n) is 32.2. The smallest absolute Gasteiger partial charge is 0.326 e. The molecule has 0 aromatic rings. The number of carbonyl (C=O) groups excluding carboxylic acids is 7. The Hall–Kier alpha value is -5.78. The number of nitrogens with zero attached hydrogens (tertiary/aromatic N) is 2. The van der Waals surface area contributed by atoms with Crippen LogP contribution in [0.5, 0.6) is 0 Å². The normalized spacial score (nSPS) is 14.1. The zero-order valence-corrected chi connectivity index (χ0v) is 32.2. The average Bonchev–Trinajstić information content (AvgIpc) is 3.09. The first kappa shape index (κ1) is 50.2. The van der Waals surface area contributed by atoms with Crippen LogP contribution in [0.25, 0.3) is 0 Å². The quantitative estimate of drug-likeness (QED) is 0.0209. The fourth-order valence-corrected chi connectivity index (χ4v) is 4.96. The Labute approximate surface area is 324 Å². The zero-order chi connectivity index (χ0) is 43.1. The van der Waals surface area contributed by atoms with Gasteiger partial charge in [0, 0.05) is 13.1 Å². The molecule has 0 saturated carbocycles. The van der Waals surface area contributed by atoms with Gasteiger partial charge in [0.25, 0.3) is 0 Å². The first-order valence-corrected chi connectivity index (χ1v) is 17.9. The number of aliphatic imine (C=N–C) groups is 2. The van der Waals surface area contributed by atoms with Crippen LogP contribution in [-0.2, 0) is 38.4 Å².